The van der Waals surface area contributed by atoms with E-state index in [0.717, 1.165) is 51.3 Å². The summed E-state index contributed by atoms with van der Waals surface area (Å²) in [5.41, 5.74) is 1.52. The van der Waals surface area contributed by atoms with Crippen LogP contribution in [-0.2, 0) is 18.3 Å². The number of hydrogen-bond donors (Lipinski definition) is 0. The lowest BCUT2D eigenvalue weighted by atomic mass is 10.0. The molecule has 6 nitrogen and oxygen atoms in total. The highest BCUT2D eigenvalue weighted by Crippen LogP contribution is 2.19. The number of carbonyl (C=O) groups excluding carboxylic acids is 1. The molecule has 2 heterocycles. The molecule has 8 heteroatoms. The average Bonchev–Trinajstić information content (AvgIpc) is 2.80. The van der Waals surface area contributed by atoms with Gasteiger partial charge in [-0.05, 0) is 37.9 Å². The van der Waals surface area contributed by atoms with Crippen LogP contribution in [0.2, 0.25) is 0 Å². The van der Waals surface area contributed by atoms with Gasteiger partial charge in [0.25, 0.3) is 5.56 Å². The van der Waals surface area contributed by atoms with Gasteiger partial charge in [0.05, 0.1) is 0 Å². The molecule has 0 saturated carbocycles. The van der Waals surface area contributed by atoms with E-state index >= 15 is 0 Å². The Morgan fingerprint density at radius 1 is 1.16 bits per heavy atom. The molecule has 32 heavy (non-hydrogen) atoms. The summed E-state index contributed by atoms with van der Waals surface area (Å²) in [6, 6.07) is 6.51. The van der Waals surface area contributed by atoms with Crippen molar-refractivity contribution in [3.05, 3.63) is 57.3 Å². The van der Waals surface area contributed by atoms with Crippen molar-refractivity contribution in [2.75, 3.05) is 38.5 Å². The fourth-order valence-corrected chi connectivity index (χ4v) is 4.92. The van der Waals surface area contributed by atoms with Crippen LogP contribution in [-0.4, -0.2) is 63.7 Å². The Hall–Kier alpha value is -2.19. The minimum absolute atomic E-state index is 0.135. The maximum atomic E-state index is 14.0. The molecule has 0 atom stereocenters. The molecule has 1 aromatic heterocycles. The number of benzene rings is 1. The second kappa shape index (κ2) is 11.6. The van der Waals surface area contributed by atoms with Crippen LogP contribution in [0.4, 0.5) is 4.39 Å². The van der Waals surface area contributed by atoms with Crippen molar-refractivity contribution < 1.29 is 9.18 Å². The first-order valence-corrected chi connectivity index (χ1v) is 12.3. The number of nitrogens with zero attached hydrogens (tertiary/aromatic N) is 4. The predicted molar refractivity (Wildman–Crippen MR) is 127 cm³/mol. The van der Waals surface area contributed by atoms with E-state index in [1.54, 1.807) is 36.7 Å². The summed E-state index contributed by atoms with van der Waals surface area (Å²) in [5.74, 6) is 0.724. The van der Waals surface area contributed by atoms with Gasteiger partial charge in [-0.2, -0.15) is 0 Å². The third-order valence-electron chi connectivity index (χ3n) is 6.06. The largest absolute Gasteiger partial charge is 0.340 e. The van der Waals surface area contributed by atoms with E-state index in [9.17, 15) is 14.0 Å². The van der Waals surface area contributed by atoms with Gasteiger partial charge < -0.3 is 9.80 Å². The van der Waals surface area contributed by atoms with Gasteiger partial charge in [0.15, 0.2) is 5.16 Å². The first-order chi connectivity index (χ1) is 15.4. The minimum atomic E-state index is -0.311. The summed E-state index contributed by atoms with van der Waals surface area (Å²) in [5, 5.41) is 0.659. The third-order valence-corrected chi connectivity index (χ3v) is 7.18. The number of piperazine rings is 1. The van der Waals surface area contributed by atoms with Crippen LogP contribution in [0.5, 0.6) is 0 Å². The van der Waals surface area contributed by atoms with Crippen LogP contribution >= 0.6 is 11.8 Å². The molecule has 0 radical (unpaired) electrons. The van der Waals surface area contributed by atoms with Crippen molar-refractivity contribution in [1.82, 2.24) is 19.4 Å². The van der Waals surface area contributed by atoms with Crippen LogP contribution in [0, 0.1) is 12.7 Å². The smallest absolute Gasteiger partial charge is 0.257 e. The van der Waals surface area contributed by atoms with Gasteiger partial charge in [0, 0.05) is 63.1 Å². The van der Waals surface area contributed by atoms with Crippen LogP contribution in [0.15, 0.2) is 34.2 Å². The van der Waals surface area contributed by atoms with Crippen molar-refractivity contribution >= 4 is 17.7 Å². The zero-order chi connectivity index (χ0) is 23.1. The lowest BCUT2D eigenvalue weighted by molar-refractivity contribution is -0.133. The van der Waals surface area contributed by atoms with Crippen molar-refractivity contribution in [2.24, 2.45) is 7.05 Å². The molecule has 0 spiro atoms. The van der Waals surface area contributed by atoms with Crippen LogP contribution < -0.4 is 5.56 Å². The second-order valence-corrected chi connectivity index (χ2v) is 9.27. The molecule has 1 fully saturated rings. The fraction of sp³-hybridized carbons (Fsp3) is 0.542. The van der Waals surface area contributed by atoms with E-state index in [1.807, 2.05) is 4.90 Å². The number of unbranched alkanes of at least 4 members (excludes halogenated alkanes) is 1. The molecule has 1 aliphatic heterocycles. The number of halogens is 1. The number of hydrogen-bond acceptors (Lipinski definition) is 5. The molecule has 0 bridgehead atoms. The second-order valence-electron chi connectivity index (χ2n) is 8.21. The standard InChI is InChI=1S/C24H33FN4O2S/c1-4-28-12-14-29(15-13-28)22(30)11-7-8-16-32-24-26-18(2)20(23(31)27(24)3)17-19-9-5-6-10-21(19)25/h5-6,9-10H,4,7-8,11-17H2,1-3H3. The lowest BCUT2D eigenvalue weighted by Gasteiger charge is -2.34. The molecule has 1 aliphatic rings. The zero-order valence-corrected chi connectivity index (χ0v) is 20.1. The maximum absolute atomic E-state index is 14.0. The van der Waals surface area contributed by atoms with E-state index in [4.69, 9.17) is 0 Å². The van der Waals surface area contributed by atoms with E-state index in [1.165, 1.54) is 17.8 Å². The maximum Gasteiger partial charge on any atom is 0.257 e. The van der Waals surface area contributed by atoms with Crippen LogP contribution in [0.3, 0.4) is 0 Å². The topological polar surface area (TPSA) is 58.4 Å². The van der Waals surface area contributed by atoms with Crippen LogP contribution in [0.1, 0.15) is 43.0 Å². The number of likely N-dealkylation sites (N-methyl/N-ethyl adjacent to an activating group) is 1. The van der Waals surface area contributed by atoms with Crippen molar-refractivity contribution in [3.63, 3.8) is 0 Å². The molecule has 174 valence electrons. The molecule has 1 aromatic carbocycles. The van der Waals surface area contributed by atoms with E-state index < -0.39 is 0 Å². The monoisotopic (exact) mass is 460 g/mol. The summed E-state index contributed by atoms with van der Waals surface area (Å²) >= 11 is 1.53. The fourth-order valence-electron chi connectivity index (χ4n) is 3.91. The van der Waals surface area contributed by atoms with Gasteiger partial charge in [-0.25, -0.2) is 9.37 Å². The molecule has 1 saturated heterocycles. The molecule has 2 aromatic rings. The molecule has 0 N–H and O–H groups in total. The SMILES string of the molecule is CCN1CCN(C(=O)CCCCSc2nc(C)c(Cc3ccccc3F)c(=O)n2C)CC1. The van der Waals surface area contributed by atoms with E-state index in [0.29, 0.717) is 28.4 Å². The van der Waals surface area contributed by atoms with E-state index in [2.05, 4.69) is 16.8 Å². The molecule has 0 unspecified atom stereocenters. The predicted octanol–water partition coefficient (Wildman–Crippen LogP) is 3.25. The molecular weight excluding hydrogens is 427 g/mol. The van der Waals surface area contributed by atoms with Crippen molar-refractivity contribution in [1.29, 1.82) is 0 Å². The average molecular weight is 461 g/mol. The Labute approximate surface area is 193 Å². The highest BCUT2D eigenvalue weighted by atomic mass is 32.2. The van der Waals surface area contributed by atoms with E-state index in [-0.39, 0.29) is 23.7 Å². The Bertz CT molecular complexity index is 986. The third kappa shape index (κ3) is 6.19. The number of aryl methyl sites for hydroxylation is 1. The first kappa shape index (κ1) is 24.5. The highest BCUT2D eigenvalue weighted by molar-refractivity contribution is 7.99. The van der Waals surface area contributed by atoms with Crippen molar-refractivity contribution in [2.45, 2.75) is 44.7 Å². The quantitative estimate of drug-likeness (QED) is 0.327. The number of aromatic nitrogens is 2. The summed E-state index contributed by atoms with van der Waals surface area (Å²) in [7, 11) is 1.71. The van der Waals surface area contributed by atoms with Gasteiger partial charge in [0.2, 0.25) is 5.91 Å². The molecular formula is C24H33FN4O2S. The number of thioether (sulfide) groups is 1. The van der Waals surface area contributed by atoms with Gasteiger partial charge >= 0.3 is 0 Å². The summed E-state index contributed by atoms with van der Waals surface area (Å²) in [6.07, 6.45) is 2.52. The summed E-state index contributed by atoms with van der Waals surface area (Å²) in [6.45, 7) is 8.57. The Kier molecular flexibility index (Phi) is 8.87. The molecule has 3 rings (SSSR count). The Morgan fingerprint density at radius 2 is 1.88 bits per heavy atom. The normalized spacial score (nSPS) is 14.7. The van der Waals surface area contributed by atoms with Gasteiger partial charge in [-0.3, -0.25) is 14.2 Å². The first-order valence-electron chi connectivity index (χ1n) is 11.3. The number of rotatable bonds is 9. The number of amides is 1. The minimum Gasteiger partial charge on any atom is -0.340 e. The Balaban J connectivity index is 1.49. The summed E-state index contributed by atoms with van der Waals surface area (Å²) in [4.78, 5) is 34.2. The number of carbonyl (C=O) groups is 1. The van der Waals surface area contributed by atoms with Crippen molar-refractivity contribution in [3.8, 4) is 0 Å². The van der Waals surface area contributed by atoms with Gasteiger partial charge in [-0.1, -0.05) is 36.9 Å². The summed E-state index contributed by atoms with van der Waals surface area (Å²) < 4.78 is 15.6. The molecule has 0 aliphatic carbocycles. The van der Waals surface area contributed by atoms with Gasteiger partial charge in [-0.15, -0.1) is 0 Å². The van der Waals surface area contributed by atoms with Crippen LogP contribution in [0.25, 0.3) is 0 Å². The lowest BCUT2D eigenvalue weighted by Crippen LogP contribution is -2.48. The zero-order valence-electron chi connectivity index (χ0n) is 19.3. The Morgan fingerprint density at radius 3 is 2.56 bits per heavy atom. The van der Waals surface area contributed by atoms with Gasteiger partial charge in [0.1, 0.15) is 5.82 Å². The molecule has 1 amide bonds. The highest BCUT2D eigenvalue weighted by Gasteiger charge is 2.19.